The molecule has 3 atom stereocenters. The smallest absolute Gasteiger partial charge is 0.268 e. The molecule has 2 N–H and O–H groups in total. The molecule has 9 heteroatoms. The molecule has 0 spiro atoms. The molecule has 70 heavy (non-hydrogen) atoms. The van der Waals surface area contributed by atoms with E-state index in [-0.39, 0.29) is 12.5 Å². The second-order valence-corrected chi connectivity index (χ2v) is 22.7. The minimum Gasteiger partial charge on any atom is -0.756 e. The number of quaternary nitrogens is 1. The number of carbonyl (C=O) groups excluding carboxylic acids is 1. The summed E-state index contributed by atoms with van der Waals surface area (Å²) in [6.07, 6.45) is 70.3. The molecule has 0 aliphatic rings. The van der Waals surface area contributed by atoms with Crippen LogP contribution in [0.4, 0.5) is 0 Å². The van der Waals surface area contributed by atoms with Crippen molar-refractivity contribution in [1.82, 2.24) is 5.32 Å². The molecule has 0 saturated heterocycles. The first kappa shape index (κ1) is 68.2. The molecule has 0 aromatic carbocycles. The number of phosphoric ester groups is 1. The van der Waals surface area contributed by atoms with Crippen LogP contribution in [-0.4, -0.2) is 68.5 Å². The summed E-state index contributed by atoms with van der Waals surface area (Å²) in [6, 6.07) is -0.910. The highest BCUT2D eigenvalue weighted by Crippen LogP contribution is 2.38. The molecule has 0 bridgehead atoms. The van der Waals surface area contributed by atoms with Crippen molar-refractivity contribution in [3.05, 3.63) is 60.8 Å². The molecule has 0 aliphatic heterocycles. The van der Waals surface area contributed by atoms with Gasteiger partial charge in [0.1, 0.15) is 13.2 Å². The molecule has 0 aromatic rings. The standard InChI is InChI=1S/C61H115N2O6P/c1-6-8-10-12-14-16-18-20-22-24-25-26-27-28-29-30-31-32-33-34-35-36-37-39-41-43-45-47-49-51-53-55-61(65)62-59(58-69-70(66,67)68-57-56-63(3,4)5)60(64)54-52-50-48-46-44-42-40-38-23-21-19-17-15-13-11-9-7-2/h18,20,23-25,38,44,46,52,54,59-60,64H,6-17,19,21-22,26-37,39-43,45,47-51,53,55-58H2,1-5H3,(H-,62,65,66,67)/b20-18-,25-24-,38-23+,46-44+,54-52+. The van der Waals surface area contributed by atoms with Crippen molar-refractivity contribution in [1.29, 1.82) is 0 Å². The Balaban J connectivity index is 4.13. The molecule has 1 amide bonds. The highest BCUT2D eigenvalue weighted by molar-refractivity contribution is 7.45. The van der Waals surface area contributed by atoms with Gasteiger partial charge in [-0.1, -0.05) is 248 Å². The van der Waals surface area contributed by atoms with Crippen molar-refractivity contribution in [2.75, 3.05) is 40.9 Å². The molecule has 0 radical (unpaired) electrons. The number of allylic oxidation sites excluding steroid dienone is 9. The van der Waals surface area contributed by atoms with Gasteiger partial charge >= 0.3 is 0 Å². The highest BCUT2D eigenvalue weighted by Gasteiger charge is 2.23. The van der Waals surface area contributed by atoms with E-state index < -0.39 is 26.6 Å². The summed E-state index contributed by atoms with van der Waals surface area (Å²) < 4.78 is 23.3. The second kappa shape index (κ2) is 52.1. The molecule has 8 nitrogen and oxygen atoms in total. The minimum absolute atomic E-state index is 0.00939. The van der Waals surface area contributed by atoms with Gasteiger partial charge in [-0.2, -0.15) is 0 Å². The van der Waals surface area contributed by atoms with E-state index in [2.05, 4.69) is 67.8 Å². The highest BCUT2D eigenvalue weighted by atomic mass is 31.2. The lowest BCUT2D eigenvalue weighted by Gasteiger charge is -2.29. The maximum Gasteiger partial charge on any atom is 0.268 e. The SMILES string of the molecule is CCCCCCC/C=C\C/C=C\CCCCCCCCCCCCCCCCCCCCCC(=O)NC(COP(=O)([O-])OCC[N+](C)(C)C)C(O)/C=C/CC/C=C/CC/C=C/CCCCCCCCC. The van der Waals surface area contributed by atoms with Crippen molar-refractivity contribution < 1.29 is 32.9 Å². The summed E-state index contributed by atoms with van der Waals surface area (Å²) in [5, 5.41) is 13.8. The number of amides is 1. The van der Waals surface area contributed by atoms with Crippen molar-refractivity contribution >= 4 is 13.7 Å². The average Bonchev–Trinajstić information content (AvgIpc) is 3.32. The Bertz CT molecular complexity index is 1320. The summed E-state index contributed by atoms with van der Waals surface area (Å²) >= 11 is 0. The molecule has 0 aromatic heterocycles. The van der Waals surface area contributed by atoms with Crippen LogP contribution in [0.15, 0.2) is 60.8 Å². The number of aliphatic hydroxyl groups is 1. The summed E-state index contributed by atoms with van der Waals surface area (Å²) in [4.78, 5) is 25.5. The topological polar surface area (TPSA) is 108 Å². The van der Waals surface area contributed by atoms with Crippen LogP contribution in [0.25, 0.3) is 0 Å². The largest absolute Gasteiger partial charge is 0.756 e. The molecular formula is C61H115N2O6P. The summed E-state index contributed by atoms with van der Waals surface area (Å²) in [6.45, 7) is 4.62. The van der Waals surface area contributed by atoms with E-state index in [0.29, 0.717) is 17.4 Å². The predicted octanol–water partition coefficient (Wildman–Crippen LogP) is 17.5. The van der Waals surface area contributed by atoms with Gasteiger partial charge in [-0.3, -0.25) is 9.36 Å². The quantitative estimate of drug-likeness (QED) is 0.0272. The Morgan fingerprint density at radius 3 is 1.24 bits per heavy atom. The molecular weight excluding hydrogens is 888 g/mol. The lowest BCUT2D eigenvalue weighted by molar-refractivity contribution is -0.870. The van der Waals surface area contributed by atoms with E-state index in [4.69, 9.17) is 9.05 Å². The van der Waals surface area contributed by atoms with Crippen LogP contribution in [-0.2, 0) is 18.4 Å². The fourth-order valence-corrected chi connectivity index (χ4v) is 9.23. The number of rotatable bonds is 54. The van der Waals surface area contributed by atoms with Crippen LogP contribution < -0.4 is 10.2 Å². The lowest BCUT2D eigenvalue weighted by atomic mass is 10.0. The van der Waals surface area contributed by atoms with E-state index in [1.54, 1.807) is 6.08 Å². The van der Waals surface area contributed by atoms with Gasteiger partial charge in [0.05, 0.1) is 39.9 Å². The molecule has 0 aliphatic carbocycles. The fraction of sp³-hybridized carbons (Fsp3) is 0.820. The summed E-state index contributed by atoms with van der Waals surface area (Å²) in [5.41, 5.74) is 0. The third-order valence-corrected chi connectivity index (χ3v) is 14.1. The van der Waals surface area contributed by atoms with Crippen LogP contribution in [0, 0.1) is 0 Å². The van der Waals surface area contributed by atoms with Gasteiger partial charge in [-0.05, 0) is 77.0 Å². The van der Waals surface area contributed by atoms with Gasteiger partial charge in [0.15, 0.2) is 0 Å². The van der Waals surface area contributed by atoms with Gasteiger partial charge in [0, 0.05) is 6.42 Å². The van der Waals surface area contributed by atoms with E-state index in [1.807, 2.05) is 27.2 Å². The van der Waals surface area contributed by atoms with Gasteiger partial charge in [0.2, 0.25) is 5.91 Å². The number of phosphoric acid groups is 1. The first-order valence-corrected chi connectivity index (χ1v) is 31.1. The van der Waals surface area contributed by atoms with Crippen molar-refractivity contribution in [2.45, 2.75) is 283 Å². The number of carbonyl (C=O) groups is 1. The van der Waals surface area contributed by atoms with Crippen molar-refractivity contribution in [3.63, 3.8) is 0 Å². The molecule has 0 heterocycles. The number of unbranched alkanes of at least 4 members (excludes halogenated alkanes) is 33. The average molecular weight is 1000 g/mol. The van der Waals surface area contributed by atoms with Crippen LogP contribution in [0.5, 0.6) is 0 Å². The number of aliphatic hydroxyl groups excluding tert-OH is 1. The minimum atomic E-state index is -4.61. The summed E-state index contributed by atoms with van der Waals surface area (Å²) in [7, 11) is 1.24. The lowest BCUT2D eigenvalue weighted by Crippen LogP contribution is -2.45. The van der Waals surface area contributed by atoms with Crippen LogP contribution in [0.3, 0.4) is 0 Å². The van der Waals surface area contributed by atoms with Crippen molar-refractivity contribution in [2.24, 2.45) is 0 Å². The zero-order chi connectivity index (χ0) is 51.3. The Labute approximate surface area is 434 Å². The fourth-order valence-electron chi connectivity index (χ4n) is 8.51. The number of hydrogen-bond donors (Lipinski definition) is 2. The molecule has 0 fully saturated rings. The third-order valence-electron chi connectivity index (χ3n) is 13.2. The second-order valence-electron chi connectivity index (χ2n) is 21.3. The molecule has 3 unspecified atom stereocenters. The number of nitrogens with zero attached hydrogens (tertiary/aromatic N) is 1. The van der Waals surface area contributed by atoms with Crippen LogP contribution in [0.2, 0.25) is 0 Å². The van der Waals surface area contributed by atoms with Gasteiger partial charge in [-0.25, -0.2) is 0 Å². The maximum atomic E-state index is 13.0. The van der Waals surface area contributed by atoms with Gasteiger partial charge < -0.3 is 28.8 Å². The number of nitrogens with one attached hydrogen (secondary N) is 1. The maximum absolute atomic E-state index is 13.0. The Morgan fingerprint density at radius 1 is 0.500 bits per heavy atom. The zero-order valence-corrected chi connectivity index (χ0v) is 47.6. The normalized spacial score (nSPS) is 14.3. The van der Waals surface area contributed by atoms with Gasteiger partial charge in [-0.15, -0.1) is 0 Å². The van der Waals surface area contributed by atoms with E-state index in [9.17, 15) is 19.4 Å². The monoisotopic (exact) mass is 1000 g/mol. The Kier molecular flexibility index (Phi) is 50.7. The summed E-state index contributed by atoms with van der Waals surface area (Å²) in [5.74, 6) is -0.209. The molecule has 0 saturated carbocycles. The zero-order valence-electron chi connectivity index (χ0n) is 46.7. The first-order chi connectivity index (χ1) is 34.0. The number of hydrogen-bond acceptors (Lipinski definition) is 6. The predicted molar refractivity (Wildman–Crippen MR) is 302 cm³/mol. The van der Waals surface area contributed by atoms with Crippen molar-refractivity contribution in [3.8, 4) is 0 Å². The van der Waals surface area contributed by atoms with E-state index in [0.717, 1.165) is 51.4 Å². The Hall–Kier alpha value is -1.80. The molecule has 410 valence electrons. The van der Waals surface area contributed by atoms with Gasteiger partial charge in [0.25, 0.3) is 7.82 Å². The van der Waals surface area contributed by atoms with E-state index >= 15 is 0 Å². The van der Waals surface area contributed by atoms with Crippen LogP contribution >= 0.6 is 7.82 Å². The van der Waals surface area contributed by atoms with Crippen LogP contribution in [0.1, 0.15) is 271 Å². The van der Waals surface area contributed by atoms with E-state index in [1.165, 1.54) is 199 Å². The number of likely N-dealkylation sites (N-methyl/N-ethyl adjacent to an activating group) is 1. The first-order valence-electron chi connectivity index (χ1n) is 29.7. The Morgan fingerprint density at radius 2 is 0.843 bits per heavy atom. The third kappa shape index (κ3) is 54.0. The molecule has 0 rings (SSSR count).